The zero-order chi connectivity index (χ0) is 25.4. The number of anilines is 2. The van der Waals surface area contributed by atoms with Crippen molar-refractivity contribution in [2.75, 3.05) is 23.7 Å². The van der Waals surface area contributed by atoms with Crippen LogP contribution in [0.1, 0.15) is 70.3 Å². The van der Waals surface area contributed by atoms with Gasteiger partial charge >= 0.3 is 0 Å². The number of nitrogens with zero attached hydrogens (tertiary/aromatic N) is 5. The van der Waals surface area contributed by atoms with E-state index in [1.54, 1.807) is 21.8 Å². The first-order chi connectivity index (χ1) is 18.0. The molecule has 37 heavy (non-hydrogen) atoms. The Balaban J connectivity index is 1.22. The van der Waals surface area contributed by atoms with Crippen LogP contribution in [0.2, 0.25) is 0 Å². The molecule has 0 unspecified atom stereocenters. The quantitative estimate of drug-likeness (QED) is 0.408. The van der Waals surface area contributed by atoms with Crippen molar-refractivity contribution in [3.05, 3.63) is 23.8 Å². The number of hydrogen-bond donors (Lipinski definition) is 3. The van der Waals surface area contributed by atoms with E-state index in [1.165, 1.54) is 24.2 Å². The average Bonchev–Trinajstić information content (AvgIpc) is 3.67. The first-order valence-electron chi connectivity index (χ1n) is 13.5. The van der Waals surface area contributed by atoms with E-state index in [-0.39, 0.29) is 12.1 Å². The predicted octanol–water partition coefficient (Wildman–Crippen LogP) is 3.95. The Morgan fingerprint density at radius 1 is 0.946 bits per heavy atom. The zero-order valence-corrected chi connectivity index (χ0v) is 22.7. The van der Waals surface area contributed by atoms with Crippen molar-refractivity contribution in [3.8, 4) is 0 Å². The highest BCUT2D eigenvalue weighted by Crippen LogP contribution is 2.34. The number of aromatic nitrogens is 4. The lowest BCUT2D eigenvalue weighted by molar-refractivity contribution is 0.330. The highest BCUT2D eigenvalue weighted by molar-refractivity contribution is 7.91. The van der Waals surface area contributed by atoms with Crippen LogP contribution in [0, 0.1) is 0 Å². The fourth-order valence-electron chi connectivity index (χ4n) is 5.95. The summed E-state index contributed by atoms with van der Waals surface area (Å²) in [6, 6.07) is 4.61. The Morgan fingerprint density at radius 3 is 2.38 bits per heavy atom. The lowest BCUT2D eigenvalue weighted by Gasteiger charge is -2.31. The molecule has 2 aliphatic carbocycles. The van der Waals surface area contributed by atoms with Crippen molar-refractivity contribution in [1.82, 2.24) is 23.8 Å². The summed E-state index contributed by atoms with van der Waals surface area (Å²) in [5.41, 5.74) is 7.77. The highest BCUT2D eigenvalue weighted by Gasteiger charge is 2.31. The Hall–Kier alpha value is -2.28. The molecule has 200 valence electrons. The van der Waals surface area contributed by atoms with Gasteiger partial charge in [-0.3, -0.25) is 0 Å². The predicted molar refractivity (Wildman–Crippen MR) is 146 cm³/mol. The molecule has 2 saturated carbocycles. The summed E-state index contributed by atoms with van der Waals surface area (Å²) in [7, 11) is -3.42. The van der Waals surface area contributed by atoms with Crippen molar-refractivity contribution < 1.29 is 8.42 Å². The highest BCUT2D eigenvalue weighted by atomic mass is 32.2. The zero-order valence-electron chi connectivity index (χ0n) is 21.1. The lowest BCUT2D eigenvalue weighted by Crippen LogP contribution is -2.42. The van der Waals surface area contributed by atoms with Gasteiger partial charge in [-0.2, -0.15) is 14.3 Å². The Kier molecular flexibility index (Phi) is 7.08. The van der Waals surface area contributed by atoms with Gasteiger partial charge < -0.3 is 20.9 Å². The molecule has 6 rings (SSSR count). The number of imidazole rings is 1. The molecule has 0 atom stereocenters. The summed E-state index contributed by atoms with van der Waals surface area (Å²) < 4.78 is 30.1. The van der Waals surface area contributed by atoms with Crippen molar-refractivity contribution >= 4 is 44.3 Å². The molecular weight excluding hydrogens is 508 g/mol. The van der Waals surface area contributed by atoms with Gasteiger partial charge in [0.15, 0.2) is 17.0 Å². The standard InChI is InChI=1S/C25H36N8O2S2/c26-17-7-9-18(10-8-17)29-25-30-23(22-24(31-25)33(16-27-22)20-4-1-2-5-20)28-19-11-13-32(14-12-19)37(34,35)21-6-3-15-36-21/h3,6,15-20H,1-2,4-5,7-14,26H2,(H2,28,29,30,31)/t17-,18-. The molecule has 0 bridgehead atoms. The van der Waals surface area contributed by atoms with Crippen LogP contribution in [0.4, 0.5) is 11.8 Å². The van der Waals surface area contributed by atoms with Crippen molar-refractivity contribution in [1.29, 1.82) is 0 Å². The van der Waals surface area contributed by atoms with Gasteiger partial charge in [0, 0.05) is 37.3 Å². The van der Waals surface area contributed by atoms with Crippen LogP contribution < -0.4 is 16.4 Å². The van der Waals surface area contributed by atoms with E-state index in [4.69, 9.17) is 20.7 Å². The van der Waals surface area contributed by atoms with Crippen LogP contribution >= 0.6 is 11.3 Å². The summed E-state index contributed by atoms with van der Waals surface area (Å²) in [6.07, 6.45) is 12.2. The Bertz CT molecular complexity index is 1300. The molecule has 3 fully saturated rings. The molecule has 3 aromatic rings. The van der Waals surface area contributed by atoms with Gasteiger partial charge in [-0.15, -0.1) is 11.3 Å². The third kappa shape index (κ3) is 5.21. The summed E-state index contributed by atoms with van der Waals surface area (Å²) in [5.74, 6) is 1.37. The maximum atomic E-state index is 12.9. The minimum absolute atomic E-state index is 0.116. The van der Waals surface area contributed by atoms with E-state index in [0.29, 0.717) is 48.2 Å². The van der Waals surface area contributed by atoms with Crippen LogP contribution in [-0.2, 0) is 10.0 Å². The molecule has 4 heterocycles. The number of fused-ring (bicyclic) bond motifs is 1. The third-order valence-electron chi connectivity index (χ3n) is 8.13. The molecule has 3 aliphatic rings. The summed E-state index contributed by atoms with van der Waals surface area (Å²) in [4.78, 5) is 14.6. The second-order valence-electron chi connectivity index (χ2n) is 10.7. The topological polar surface area (TPSA) is 131 Å². The molecule has 0 spiro atoms. The molecule has 4 N–H and O–H groups in total. The van der Waals surface area contributed by atoms with Crippen molar-refractivity contribution in [2.45, 2.75) is 92.6 Å². The molecule has 10 nitrogen and oxygen atoms in total. The molecule has 0 amide bonds. The third-order valence-corrected chi connectivity index (χ3v) is 11.4. The summed E-state index contributed by atoms with van der Waals surface area (Å²) >= 11 is 1.27. The normalized spacial score (nSPS) is 24.6. The second-order valence-corrected chi connectivity index (χ2v) is 13.8. The largest absolute Gasteiger partial charge is 0.365 e. The molecule has 0 aromatic carbocycles. The van der Waals surface area contributed by atoms with Crippen molar-refractivity contribution in [2.24, 2.45) is 5.73 Å². The Morgan fingerprint density at radius 2 is 1.68 bits per heavy atom. The van der Waals surface area contributed by atoms with Crippen LogP contribution in [-0.4, -0.2) is 63.5 Å². The molecule has 0 radical (unpaired) electrons. The molecule has 12 heteroatoms. The second kappa shape index (κ2) is 10.5. The Labute approximate surface area is 222 Å². The van der Waals surface area contributed by atoms with Gasteiger partial charge in [0.05, 0.1) is 6.33 Å². The number of nitrogens with two attached hydrogens (primary N) is 1. The van der Waals surface area contributed by atoms with E-state index in [0.717, 1.165) is 55.5 Å². The number of thiophene rings is 1. The smallest absolute Gasteiger partial charge is 0.252 e. The van der Waals surface area contributed by atoms with Crippen LogP contribution in [0.15, 0.2) is 28.0 Å². The molecule has 1 saturated heterocycles. The summed E-state index contributed by atoms with van der Waals surface area (Å²) in [6.45, 7) is 0.964. The van der Waals surface area contributed by atoms with E-state index in [1.807, 2.05) is 6.33 Å². The van der Waals surface area contributed by atoms with Crippen LogP contribution in [0.25, 0.3) is 11.2 Å². The van der Waals surface area contributed by atoms with E-state index in [9.17, 15) is 8.42 Å². The maximum absolute atomic E-state index is 12.9. The molecular formula is C25H36N8O2S2. The maximum Gasteiger partial charge on any atom is 0.252 e. The van der Waals surface area contributed by atoms with Crippen LogP contribution in [0.3, 0.4) is 0 Å². The minimum Gasteiger partial charge on any atom is -0.365 e. The number of rotatable bonds is 7. The first kappa shape index (κ1) is 25.0. The molecule has 1 aliphatic heterocycles. The van der Waals surface area contributed by atoms with Gasteiger partial charge in [-0.25, -0.2) is 13.4 Å². The van der Waals surface area contributed by atoms with Crippen LogP contribution in [0.5, 0.6) is 0 Å². The summed E-state index contributed by atoms with van der Waals surface area (Å²) in [5, 5.41) is 8.99. The van der Waals surface area contributed by atoms with Crippen molar-refractivity contribution in [3.63, 3.8) is 0 Å². The number of nitrogens with one attached hydrogen (secondary N) is 2. The molecule has 3 aromatic heterocycles. The number of hydrogen-bond acceptors (Lipinski definition) is 9. The fraction of sp³-hybridized carbons (Fsp3) is 0.640. The SMILES string of the molecule is N[C@H]1CC[C@H](Nc2nc(NC3CCN(S(=O)(=O)c4cccs4)CC3)c3ncn(C4CCCC4)c3n2)CC1. The monoisotopic (exact) mass is 544 g/mol. The van der Waals surface area contributed by atoms with Gasteiger partial charge in [-0.1, -0.05) is 18.9 Å². The first-order valence-corrected chi connectivity index (χ1v) is 15.9. The number of sulfonamides is 1. The van der Waals surface area contributed by atoms with E-state index >= 15 is 0 Å². The van der Waals surface area contributed by atoms with Gasteiger partial charge in [-0.05, 0) is 62.8 Å². The van der Waals surface area contributed by atoms with E-state index in [2.05, 4.69) is 15.2 Å². The average molecular weight is 545 g/mol. The lowest BCUT2D eigenvalue weighted by atomic mass is 9.92. The fourth-order valence-corrected chi connectivity index (χ4v) is 8.56. The van der Waals surface area contributed by atoms with Gasteiger partial charge in [0.2, 0.25) is 5.95 Å². The van der Waals surface area contributed by atoms with Gasteiger partial charge in [0.25, 0.3) is 10.0 Å². The number of piperidine rings is 1. The van der Waals surface area contributed by atoms with E-state index < -0.39 is 10.0 Å². The minimum atomic E-state index is -3.42. The van der Waals surface area contributed by atoms with Gasteiger partial charge in [0.1, 0.15) is 4.21 Å².